The van der Waals surface area contributed by atoms with Crippen molar-refractivity contribution in [1.29, 1.82) is 0 Å². The van der Waals surface area contributed by atoms with Gasteiger partial charge in [0.2, 0.25) is 5.91 Å². The molecule has 21 heavy (non-hydrogen) atoms. The van der Waals surface area contributed by atoms with Gasteiger partial charge in [0.25, 0.3) is 0 Å². The molecule has 0 radical (unpaired) electrons. The van der Waals surface area contributed by atoms with Crippen molar-refractivity contribution in [1.82, 2.24) is 10.2 Å². The summed E-state index contributed by atoms with van der Waals surface area (Å²) in [6, 6.07) is -1.33. The van der Waals surface area contributed by atoms with Crippen LogP contribution < -0.4 is 5.32 Å². The van der Waals surface area contributed by atoms with Crippen LogP contribution in [0.25, 0.3) is 10.4 Å². The van der Waals surface area contributed by atoms with Crippen molar-refractivity contribution in [3.63, 3.8) is 0 Å². The Kier molecular flexibility index (Phi) is 3.34. The molecule has 3 amide bonds. The topological polar surface area (TPSA) is 137 Å². The SMILES string of the molecule is C[C@@]1(Br)C(=O)NC(=O)N2[C@H]1OC(O)[C@H]1O[C@@H]2CC1N=[N+]=[N-]. The minimum Gasteiger partial charge on any atom is -0.366 e. The molecule has 10 nitrogen and oxygen atoms in total. The lowest BCUT2D eigenvalue weighted by atomic mass is 10.0. The van der Waals surface area contributed by atoms with Crippen LogP contribution in [0, 0.1) is 0 Å². The van der Waals surface area contributed by atoms with Gasteiger partial charge in [0.05, 0.1) is 6.04 Å². The Balaban J connectivity index is 1.99. The Morgan fingerprint density at radius 2 is 2.29 bits per heavy atom. The monoisotopic (exact) mass is 361 g/mol. The molecule has 0 saturated carbocycles. The minimum atomic E-state index is -1.42. The zero-order valence-electron chi connectivity index (χ0n) is 10.8. The molecule has 2 bridgehead atoms. The molecule has 6 atom stereocenters. The summed E-state index contributed by atoms with van der Waals surface area (Å²) in [6.45, 7) is 1.53. The highest BCUT2D eigenvalue weighted by molar-refractivity contribution is 9.10. The first-order chi connectivity index (χ1) is 9.86. The maximum atomic E-state index is 12.1. The zero-order chi connectivity index (χ0) is 15.4. The summed E-state index contributed by atoms with van der Waals surface area (Å²) in [5.41, 5.74) is 8.54. The Morgan fingerprint density at radius 3 is 2.95 bits per heavy atom. The average Bonchev–Trinajstić information content (AvgIpc) is 2.73. The van der Waals surface area contributed by atoms with Gasteiger partial charge in [0, 0.05) is 11.3 Å². The van der Waals surface area contributed by atoms with Gasteiger partial charge in [-0.3, -0.25) is 15.0 Å². The van der Waals surface area contributed by atoms with Crippen molar-refractivity contribution in [2.45, 2.75) is 48.6 Å². The fraction of sp³-hybridized carbons (Fsp3) is 0.800. The van der Waals surface area contributed by atoms with E-state index in [0.717, 1.165) is 0 Å². The van der Waals surface area contributed by atoms with Gasteiger partial charge in [-0.2, -0.15) is 0 Å². The predicted octanol–water partition coefficient (Wildman–Crippen LogP) is 0.160. The van der Waals surface area contributed by atoms with Crippen LogP contribution in [0.3, 0.4) is 0 Å². The number of halogens is 1. The highest BCUT2D eigenvalue weighted by atomic mass is 79.9. The molecule has 3 aliphatic heterocycles. The Bertz CT molecular complexity index is 550. The molecule has 0 aromatic heterocycles. The molecule has 3 saturated heterocycles. The third-order valence-electron chi connectivity index (χ3n) is 3.81. The number of hydrogen-bond donors (Lipinski definition) is 2. The van der Waals surface area contributed by atoms with Crippen molar-refractivity contribution in [2.75, 3.05) is 0 Å². The van der Waals surface area contributed by atoms with Gasteiger partial charge in [0.1, 0.15) is 16.7 Å². The first-order valence-electron chi connectivity index (χ1n) is 6.22. The van der Waals surface area contributed by atoms with Crippen LogP contribution in [0.1, 0.15) is 13.3 Å². The molecule has 3 fully saturated rings. The van der Waals surface area contributed by atoms with Gasteiger partial charge in [-0.15, -0.1) is 0 Å². The van der Waals surface area contributed by atoms with E-state index in [-0.39, 0.29) is 6.42 Å². The van der Waals surface area contributed by atoms with Crippen LogP contribution >= 0.6 is 15.9 Å². The molecule has 2 N–H and O–H groups in total. The van der Waals surface area contributed by atoms with E-state index in [4.69, 9.17) is 15.0 Å². The lowest BCUT2D eigenvalue weighted by Crippen LogP contribution is -2.69. The number of fused-ring (bicyclic) bond motifs is 4. The van der Waals surface area contributed by atoms with E-state index in [2.05, 4.69) is 31.3 Å². The van der Waals surface area contributed by atoms with Crippen molar-refractivity contribution in [2.24, 2.45) is 5.11 Å². The molecular formula is C10H12BrN5O5. The summed E-state index contributed by atoms with van der Waals surface area (Å²) < 4.78 is 9.76. The maximum Gasteiger partial charge on any atom is 0.328 e. The van der Waals surface area contributed by atoms with Gasteiger partial charge >= 0.3 is 6.03 Å². The number of azide groups is 1. The van der Waals surface area contributed by atoms with Crippen LogP contribution in [0.2, 0.25) is 0 Å². The lowest BCUT2D eigenvalue weighted by molar-refractivity contribution is -0.197. The lowest BCUT2D eigenvalue weighted by Gasteiger charge is -2.44. The number of alkyl halides is 1. The van der Waals surface area contributed by atoms with Crippen LogP contribution in [-0.4, -0.2) is 57.2 Å². The molecule has 0 spiro atoms. The van der Waals surface area contributed by atoms with Crippen LogP contribution in [0.4, 0.5) is 4.79 Å². The number of nitrogens with one attached hydrogen (secondary N) is 1. The number of aliphatic hydroxyl groups excluding tert-OH is 1. The Labute approximate surface area is 127 Å². The van der Waals surface area contributed by atoms with E-state index in [9.17, 15) is 14.7 Å². The predicted molar refractivity (Wildman–Crippen MR) is 69.8 cm³/mol. The van der Waals surface area contributed by atoms with E-state index in [1.165, 1.54) is 11.8 Å². The molecule has 2 unspecified atom stereocenters. The van der Waals surface area contributed by atoms with E-state index in [1.807, 2.05) is 0 Å². The molecule has 0 aliphatic carbocycles. The first kappa shape index (κ1) is 14.5. The summed E-state index contributed by atoms with van der Waals surface area (Å²) in [4.78, 5) is 27.9. The van der Waals surface area contributed by atoms with Crippen molar-refractivity contribution < 1.29 is 24.2 Å². The highest BCUT2D eigenvalue weighted by Crippen LogP contribution is 2.40. The average molecular weight is 362 g/mol. The van der Waals surface area contributed by atoms with Gasteiger partial charge in [-0.1, -0.05) is 21.0 Å². The maximum absolute atomic E-state index is 12.1. The second-order valence-corrected chi connectivity index (χ2v) is 6.83. The Hall–Kier alpha value is -1.39. The van der Waals surface area contributed by atoms with Gasteiger partial charge < -0.3 is 14.6 Å². The number of nitrogens with zero attached hydrogens (tertiary/aromatic N) is 4. The molecule has 0 aromatic carbocycles. The highest BCUT2D eigenvalue weighted by Gasteiger charge is 2.59. The number of carbonyl (C=O) groups excluding carboxylic acids is 2. The van der Waals surface area contributed by atoms with E-state index in [0.29, 0.717) is 0 Å². The number of imide groups is 1. The standard InChI is InChI=1S/C10H12BrN5O5/c1-10(11)7(18)13-9(19)16-4-2-3(14-15-12)5(20-4)6(17)21-8(10)16/h3-6,8,17H,2H2,1H3,(H,13,18,19)/t3?,4-,5+,6?,8+,10-/m1/s1. The quantitative estimate of drug-likeness (QED) is 0.296. The number of carbonyl (C=O) groups is 2. The number of rotatable bonds is 1. The second kappa shape index (κ2) is 4.82. The molecule has 3 heterocycles. The van der Waals surface area contributed by atoms with Crippen molar-refractivity contribution >= 4 is 27.9 Å². The summed E-state index contributed by atoms with van der Waals surface area (Å²) >= 11 is 3.23. The summed E-state index contributed by atoms with van der Waals surface area (Å²) in [5, 5.41) is 15.8. The van der Waals surface area contributed by atoms with Crippen molar-refractivity contribution in [3.05, 3.63) is 10.4 Å². The molecule has 0 aromatic rings. The number of amides is 3. The number of ether oxygens (including phenoxy) is 2. The molecule has 3 aliphatic rings. The second-order valence-electron chi connectivity index (χ2n) is 5.18. The van der Waals surface area contributed by atoms with Crippen LogP contribution in [0.15, 0.2) is 5.11 Å². The summed E-state index contributed by atoms with van der Waals surface area (Å²) in [6.07, 6.45) is -3.87. The fourth-order valence-electron chi connectivity index (χ4n) is 2.73. The van der Waals surface area contributed by atoms with Crippen LogP contribution in [0.5, 0.6) is 0 Å². The number of urea groups is 1. The molecule has 3 rings (SSSR count). The molecule has 114 valence electrons. The van der Waals surface area contributed by atoms with Gasteiger partial charge in [-0.05, 0) is 12.5 Å². The third-order valence-corrected chi connectivity index (χ3v) is 4.56. The summed E-state index contributed by atoms with van der Waals surface area (Å²) in [7, 11) is 0. The zero-order valence-corrected chi connectivity index (χ0v) is 12.4. The van der Waals surface area contributed by atoms with Crippen molar-refractivity contribution in [3.8, 4) is 0 Å². The number of aliphatic hydroxyl groups is 1. The van der Waals surface area contributed by atoms with Gasteiger partial charge in [0.15, 0.2) is 12.5 Å². The normalized spacial score (nSPS) is 45.5. The van der Waals surface area contributed by atoms with Gasteiger partial charge in [-0.25, -0.2) is 4.79 Å². The molecule has 11 heteroatoms. The largest absolute Gasteiger partial charge is 0.366 e. The summed E-state index contributed by atoms with van der Waals surface area (Å²) in [5.74, 6) is -0.565. The first-order valence-corrected chi connectivity index (χ1v) is 7.01. The minimum absolute atomic E-state index is 0.219. The third kappa shape index (κ3) is 2.09. The fourth-order valence-corrected chi connectivity index (χ4v) is 3.16. The Morgan fingerprint density at radius 1 is 1.57 bits per heavy atom. The van der Waals surface area contributed by atoms with E-state index < -0.39 is 47.2 Å². The van der Waals surface area contributed by atoms with Crippen LogP contribution in [-0.2, 0) is 14.3 Å². The molecular weight excluding hydrogens is 350 g/mol. The smallest absolute Gasteiger partial charge is 0.328 e. The number of hydrogen-bond acceptors (Lipinski definition) is 6. The van der Waals surface area contributed by atoms with E-state index in [1.54, 1.807) is 0 Å². The van der Waals surface area contributed by atoms with E-state index >= 15 is 0 Å².